The van der Waals surface area contributed by atoms with Crippen molar-refractivity contribution in [1.82, 2.24) is 4.98 Å². The number of ketones is 1. The number of halogens is 1. The lowest BCUT2D eigenvalue weighted by Gasteiger charge is -2.23. The third kappa shape index (κ3) is 2.00. The average molecular weight is 310 g/mol. The maximum absolute atomic E-state index is 12.0. The molecule has 2 heterocycles. The van der Waals surface area contributed by atoms with Crippen molar-refractivity contribution in [2.45, 2.75) is 12.5 Å². The lowest BCUT2D eigenvalue weighted by Crippen LogP contribution is -2.20. The molecule has 3 rings (SSSR count). The molecule has 2 aromatic rings. The van der Waals surface area contributed by atoms with Crippen LogP contribution in [0.3, 0.4) is 0 Å². The van der Waals surface area contributed by atoms with E-state index in [0.29, 0.717) is 17.7 Å². The first-order valence-corrected chi connectivity index (χ1v) is 6.80. The Balaban J connectivity index is 2.00. The van der Waals surface area contributed by atoms with E-state index in [0.717, 1.165) is 9.48 Å². The van der Waals surface area contributed by atoms with Crippen LogP contribution in [0.1, 0.15) is 27.9 Å². The Morgan fingerprint density at radius 2 is 2.35 bits per heavy atom. The maximum Gasteiger partial charge on any atom is 0.170 e. The number of nitrogens with zero attached hydrogens (tertiary/aromatic N) is 1. The molecule has 0 spiro atoms. The van der Waals surface area contributed by atoms with E-state index >= 15 is 0 Å². The molecule has 3 nitrogen and oxygen atoms in total. The Morgan fingerprint density at radius 3 is 3.12 bits per heavy atom. The summed E-state index contributed by atoms with van der Waals surface area (Å²) < 4.78 is 6.73. The van der Waals surface area contributed by atoms with E-state index in [4.69, 9.17) is 4.74 Å². The molecule has 0 aliphatic carbocycles. The highest BCUT2D eigenvalue weighted by atomic mass is 79.9. The zero-order valence-electron chi connectivity index (χ0n) is 8.72. The summed E-state index contributed by atoms with van der Waals surface area (Å²) >= 11 is 4.88. The highest BCUT2D eigenvalue weighted by molar-refractivity contribution is 9.10. The van der Waals surface area contributed by atoms with Crippen LogP contribution in [0.5, 0.6) is 5.75 Å². The molecular weight excluding hydrogens is 302 g/mol. The number of hydrogen-bond acceptors (Lipinski definition) is 4. The Labute approximate surface area is 111 Å². The Hall–Kier alpha value is -1.20. The van der Waals surface area contributed by atoms with Gasteiger partial charge in [-0.05, 0) is 18.2 Å². The topological polar surface area (TPSA) is 39.2 Å². The Kier molecular flexibility index (Phi) is 2.72. The monoisotopic (exact) mass is 309 g/mol. The summed E-state index contributed by atoms with van der Waals surface area (Å²) in [4.78, 5) is 16.2. The number of thiazole rings is 1. The van der Waals surface area contributed by atoms with Gasteiger partial charge in [0.2, 0.25) is 0 Å². The number of hydrogen-bond donors (Lipinski definition) is 0. The van der Waals surface area contributed by atoms with Crippen molar-refractivity contribution < 1.29 is 9.53 Å². The third-order valence-electron chi connectivity index (χ3n) is 2.61. The van der Waals surface area contributed by atoms with Crippen LogP contribution < -0.4 is 4.74 Å². The summed E-state index contributed by atoms with van der Waals surface area (Å²) in [6, 6.07) is 5.47. The largest absolute Gasteiger partial charge is 0.482 e. The zero-order chi connectivity index (χ0) is 11.8. The van der Waals surface area contributed by atoms with E-state index < -0.39 is 0 Å². The van der Waals surface area contributed by atoms with Gasteiger partial charge in [-0.1, -0.05) is 15.9 Å². The SMILES string of the molecule is O=C1CC(c2nccs2)Oc2cc(Br)ccc21. The van der Waals surface area contributed by atoms with E-state index in [2.05, 4.69) is 20.9 Å². The van der Waals surface area contributed by atoms with Crippen molar-refractivity contribution in [2.24, 2.45) is 0 Å². The van der Waals surface area contributed by atoms with Crippen LogP contribution in [0.4, 0.5) is 0 Å². The average Bonchev–Trinajstić information content (AvgIpc) is 2.81. The molecule has 0 amide bonds. The molecule has 1 aliphatic rings. The fourth-order valence-corrected chi connectivity index (χ4v) is 2.83. The van der Waals surface area contributed by atoms with E-state index in [-0.39, 0.29) is 11.9 Å². The summed E-state index contributed by atoms with van der Waals surface area (Å²) in [6.07, 6.45) is 1.84. The summed E-state index contributed by atoms with van der Waals surface area (Å²) in [5, 5.41) is 2.74. The van der Waals surface area contributed by atoms with Crippen LogP contribution in [0, 0.1) is 0 Å². The third-order valence-corrected chi connectivity index (χ3v) is 3.97. The molecular formula is C12H8BrNO2S. The first kappa shape index (κ1) is 10.9. The standard InChI is InChI=1S/C12H8BrNO2S/c13-7-1-2-8-9(15)6-11(16-10(8)5-7)12-14-3-4-17-12/h1-5,11H,6H2. The fraction of sp³-hybridized carbons (Fsp3) is 0.167. The number of ether oxygens (including phenoxy) is 1. The zero-order valence-corrected chi connectivity index (χ0v) is 11.1. The normalized spacial score (nSPS) is 18.6. The molecule has 86 valence electrons. The van der Waals surface area contributed by atoms with Crippen LogP contribution in [-0.2, 0) is 0 Å². The predicted molar refractivity (Wildman–Crippen MR) is 68.6 cm³/mol. The molecule has 0 radical (unpaired) electrons. The Bertz CT molecular complexity index is 568. The summed E-state index contributed by atoms with van der Waals surface area (Å²) in [6.45, 7) is 0. The number of rotatable bonds is 1. The van der Waals surface area contributed by atoms with Gasteiger partial charge in [0.15, 0.2) is 11.9 Å². The highest BCUT2D eigenvalue weighted by Crippen LogP contribution is 2.36. The molecule has 0 saturated carbocycles. The van der Waals surface area contributed by atoms with Gasteiger partial charge in [0.25, 0.3) is 0 Å². The summed E-state index contributed by atoms with van der Waals surface area (Å²) in [5.41, 5.74) is 0.654. The minimum Gasteiger partial charge on any atom is -0.482 e. The lowest BCUT2D eigenvalue weighted by atomic mass is 10.0. The number of aromatic nitrogens is 1. The summed E-state index contributed by atoms with van der Waals surface area (Å²) in [7, 11) is 0. The Morgan fingerprint density at radius 1 is 1.47 bits per heavy atom. The van der Waals surface area contributed by atoms with Crippen molar-refractivity contribution in [3.8, 4) is 5.75 Å². The summed E-state index contributed by atoms with van der Waals surface area (Å²) in [5.74, 6) is 0.745. The quantitative estimate of drug-likeness (QED) is 0.807. The predicted octanol–water partition coefficient (Wildman–Crippen LogP) is 3.61. The van der Waals surface area contributed by atoms with Gasteiger partial charge in [-0.15, -0.1) is 11.3 Å². The van der Waals surface area contributed by atoms with Crippen LogP contribution in [0.25, 0.3) is 0 Å². The van der Waals surface area contributed by atoms with Crippen molar-refractivity contribution >= 4 is 33.0 Å². The van der Waals surface area contributed by atoms with Gasteiger partial charge in [-0.3, -0.25) is 4.79 Å². The van der Waals surface area contributed by atoms with E-state index in [9.17, 15) is 4.79 Å². The number of benzene rings is 1. The fourth-order valence-electron chi connectivity index (χ4n) is 1.83. The van der Waals surface area contributed by atoms with Crippen molar-refractivity contribution in [3.63, 3.8) is 0 Å². The molecule has 1 aliphatic heterocycles. The van der Waals surface area contributed by atoms with Gasteiger partial charge in [-0.25, -0.2) is 4.98 Å². The van der Waals surface area contributed by atoms with Gasteiger partial charge < -0.3 is 4.74 Å². The second-order valence-corrected chi connectivity index (χ2v) is 5.59. The number of carbonyl (C=O) groups excluding carboxylic acids is 1. The molecule has 1 aromatic heterocycles. The lowest BCUT2D eigenvalue weighted by molar-refractivity contribution is 0.0849. The molecule has 1 atom stereocenters. The maximum atomic E-state index is 12.0. The van der Waals surface area contributed by atoms with Crippen LogP contribution in [-0.4, -0.2) is 10.8 Å². The van der Waals surface area contributed by atoms with Crippen molar-refractivity contribution in [2.75, 3.05) is 0 Å². The van der Waals surface area contributed by atoms with Gasteiger partial charge in [-0.2, -0.15) is 0 Å². The first-order valence-electron chi connectivity index (χ1n) is 5.13. The van der Waals surface area contributed by atoms with Crippen molar-refractivity contribution in [3.05, 3.63) is 44.8 Å². The smallest absolute Gasteiger partial charge is 0.170 e. The van der Waals surface area contributed by atoms with E-state index in [1.165, 1.54) is 11.3 Å². The number of fused-ring (bicyclic) bond motifs is 1. The van der Waals surface area contributed by atoms with E-state index in [1.807, 2.05) is 17.5 Å². The molecule has 1 unspecified atom stereocenters. The van der Waals surface area contributed by atoms with Crippen molar-refractivity contribution in [1.29, 1.82) is 0 Å². The highest BCUT2D eigenvalue weighted by Gasteiger charge is 2.29. The number of Topliss-reactive ketones (excluding diaryl/α,β-unsaturated/α-hetero) is 1. The van der Waals surface area contributed by atoms with Crippen LogP contribution in [0.15, 0.2) is 34.2 Å². The van der Waals surface area contributed by atoms with Gasteiger partial charge >= 0.3 is 0 Å². The van der Waals surface area contributed by atoms with Gasteiger partial charge in [0, 0.05) is 16.0 Å². The molecule has 0 fully saturated rings. The second-order valence-electron chi connectivity index (χ2n) is 3.74. The number of carbonyl (C=O) groups is 1. The van der Waals surface area contributed by atoms with E-state index in [1.54, 1.807) is 12.3 Å². The van der Waals surface area contributed by atoms with Gasteiger partial charge in [0.1, 0.15) is 10.8 Å². The molecule has 1 aromatic carbocycles. The molecule has 0 saturated heterocycles. The van der Waals surface area contributed by atoms with Crippen LogP contribution in [0.2, 0.25) is 0 Å². The first-order chi connectivity index (χ1) is 8.24. The molecule has 0 bridgehead atoms. The minimum atomic E-state index is -0.246. The van der Waals surface area contributed by atoms with Crippen LogP contribution >= 0.6 is 27.3 Å². The molecule has 17 heavy (non-hydrogen) atoms. The molecule has 5 heteroatoms. The second kappa shape index (κ2) is 4.23. The molecule has 0 N–H and O–H groups in total. The van der Waals surface area contributed by atoms with Gasteiger partial charge in [0.05, 0.1) is 12.0 Å². The minimum absolute atomic E-state index is 0.110.